The molecule has 3 aliphatic carbocycles. The lowest BCUT2D eigenvalue weighted by atomic mass is 9.60. The van der Waals surface area contributed by atoms with Gasteiger partial charge in [-0.2, -0.15) is 0 Å². The van der Waals surface area contributed by atoms with Crippen molar-refractivity contribution < 1.29 is 19.1 Å². The molecule has 0 radical (unpaired) electrons. The number of benzene rings is 4. The van der Waals surface area contributed by atoms with Gasteiger partial charge in [0.25, 0.3) is 0 Å². The van der Waals surface area contributed by atoms with Crippen LogP contribution in [0, 0.1) is 40.9 Å². The third-order valence-corrected chi connectivity index (χ3v) is 15.4. The molecular formula is C58H66Br2O4. The van der Waals surface area contributed by atoms with Crippen LogP contribution in [0.5, 0.6) is 0 Å². The number of halogens is 2. The summed E-state index contributed by atoms with van der Waals surface area (Å²) in [5.74, 6) is 1.43. The van der Waals surface area contributed by atoms with Gasteiger partial charge < -0.3 is 9.47 Å². The van der Waals surface area contributed by atoms with Gasteiger partial charge in [0, 0.05) is 25.9 Å². The fourth-order valence-electron chi connectivity index (χ4n) is 10.6. The first kappa shape index (κ1) is 47.7. The lowest BCUT2D eigenvalue weighted by Gasteiger charge is -2.44. The van der Waals surface area contributed by atoms with Crippen LogP contribution in [0.15, 0.2) is 147 Å². The predicted octanol–water partition coefficient (Wildman–Crippen LogP) is 15.9. The maximum Gasteiger partial charge on any atom is 0.338 e. The molecule has 0 spiro atoms. The average Bonchev–Trinajstić information content (AvgIpc) is 3.28. The molecule has 8 atom stereocenters. The van der Waals surface area contributed by atoms with E-state index in [2.05, 4.69) is 146 Å². The normalized spacial score (nSPS) is 26.8. The van der Waals surface area contributed by atoms with Crippen LogP contribution in [0.3, 0.4) is 0 Å². The smallest absolute Gasteiger partial charge is 0.338 e. The van der Waals surface area contributed by atoms with Gasteiger partial charge in [0.1, 0.15) is 12.2 Å². The van der Waals surface area contributed by atoms with Gasteiger partial charge in [0.15, 0.2) is 0 Å². The summed E-state index contributed by atoms with van der Waals surface area (Å²) in [7, 11) is 0. The van der Waals surface area contributed by atoms with Crippen molar-refractivity contribution in [2.45, 2.75) is 111 Å². The standard InChI is InChI=1S/C58H66Br2O4/c1-38(2)49-27-17-40(5)33-54(49)63-56(61)51(35-43-19-23-47(59)24-20-43)46-30-32-58(31-29-42-13-9-7-10-14-42,52(37-46)45-15-11-8-12-16-45)53(36-44-21-25-48(60)26-22-44)57(62)64-55-34-41(6)18-28-50(55)39(3)4/h7-16,19-26,29,31,35-41,49-50,52,54-55H,17-18,27-28,30,32-34H2,1-6H3/b31-29+,51-35-,53-36+/t40-,41+,49+,50-,52+,54-,55+,58-/m1/s1. The monoisotopic (exact) mass is 984 g/mol. The third-order valence-electron chi connectivity index (χ3n) is 14.4. The van der Waals surface area contributed by atoms with Crippen LogP contribution in [-0.2, 0) is 19.1 Å². The van der Waals surface area contributed by atoms with Crippen LogP contribution in [0.25, 0.3) is 18.2 Å². The quantitative estimate of drug-likeness (QED) is 0.0989. The molecule has 4 aromatic rings. The molecule has 2 saturated carbocycles. The van der Waals surface area contributed by atoms with Crippen molar-refractivity contribution >= 4 is 62.0 Å². The van der Waals surface area contributed by atoms with Crippen molar-refractivity contribution in [1.82, 2.24) is 0 Å². The lowest BCUT2D eigenvalue weighted by Crippen LogP contribution is -2.40. The van der Waals surface area contributed by atoms with Crippen LogP contribution in [0.4, 0.5) is 0 Å². The number of carbonyl (C=O) groups excluding carboxylic acids is 2. The number of esters is 2. The maximum absolute atomic E-state index is 15.5. The zero-order valence-electron chi connectivity index (χ0n) is 38.5. The molecule has 4 aromatic carbocycles. The second-order valence-electron chi connectivity index (χ2n) is 19.6. The molecule has 64 heavy (non-hydrogen) atoms. The Morgan fingerprint density at radius 3 is 1.66 bits per heavy atom. The Balaban J connectivity index is 1.42. The minimum Gasteiger partial charge on any atom is -0.459 e. The number of rotatable bonds is 13. The van der Waals surface area contributed by atoms with E-state index in [9.17, 15) is 4.79 Å². The van der Waals surface area contributed by atoms with Crippen molar-refractivity contribution in [2.24, 2.45) is 40.9 Å². The van der Waals surface area contributed by atoms with E-state index in [0.29, 0.717) is 53.6 Å². The Morgan fingerprint density at radius 1 is 0.625 bits per heavy atom. The first-order chi connectivity index (χ1) is 30.8. The highest BCUT2D eigenvalue weighted by atomic mass is 79.9. The van der Waals surface area contributed by atoms with Gasteiger partial charge in [-0.1, -0.05) is 189 Å². The van der Waals surface area contributed by atoms with E-state index in [0.717, 1.165) is 75.3 Å². The zero-order chi connectivity index (χ0) is 45.4. The summed E-state index contributed by atoms with van der Waals surface area (Å²) in [6.45, 7) is 13.6. The van der Waals surface area contributed by atoms with Gasteiger partial charge in [-0.05, 0) is 138 Å². The van der Waals surface area contributed by atoms with E-state index < -0.39 is 5.41 Å². The third kappa shape index (κ3) is 11.8. The zero-order valence-corrected chi connectivity index (χ0v) is 41.7. The van der Waals surface area contributed by atoms with Crippen LogP contribution in [-0.4, -0.2) is 24.1 Å². The number of ether oxygens (including phenoxy) is 2. The van der Waals surface area contributed by atoms with Crippen molar-refractivity contribution in [2.75, 3.05) is 0 Å². The van der Waals surface area contributed by atoms with Crippen LogP contribution >= 0.6 is 31.9 Å². The number of hydrogen-bond donors (Lipinski definition) is 0. The lowest BCUT2D eigenvalue weighted by molar-refractivity contribution is -0.153. The number of allylic oxidation sites excluding steroid dienone is 2. The Labute approximate surface area is 400 Å². The fourth-order valence-corrected chi connectivity index (χ4v) is 11.1. The summed E-state index contributed by atoms with van der Waals surface area (Å²) in [4.78, 5) is 30.5. The van der Waals surface area contributed by atoms with Crippen molar-refractivity contribution in [3.05, 3.63) is 169 Å². The highest BCUT2D eigenvalue weighted by Gasteiger charge is 2.47. The summed E-state index contributed by atoms with van der Waals surface area (Å²) in [6, 6.07) is 37.0. The number of carbonyl (C=O) groups is 2. The molecule has 0 unspecified atom stereocenters. The Bertz CT molecular complexity index is 2310. The minimum atomic E-state index is -0.868. The van der Waals surface area contributed by atoms with E-state index >= 15 is 4.79 Å². The number of hydrogen-bond acceptors (Lipinski definition) is 4. The van der Waals surface area contributed by atoms with Crippen molar-refractivity contribution in [1.29, 1.82) is 0 Å². The molecule has 0 N–H and O–H groups in total. The highest BCUT2D eigenvalue weighted by Crippen LogP contribution is 2.55. The van der Waals surface area contributed by atoms with E-state index in [4.69, 9.17) is 9.47 Å². The Kier molecular flexibility index (Phi) is 16.3. The first-order valence-electron chi connectivity index (χ1n) is 23.7. The Morgan fingerprint density at radius 2 is 1.12 bits per heavy atom. The van der Waals surface area contributed by atoms with E-state index in [1.165, 1.54) is 0 Å². The summed E-state index contributed by atoms with van der Waals surface area (Å²) in [5, 5.41) is 0. The maximum atomic E-state index is 15.5. The molecule has 0 aliphatic heterocycles. The van der Waals surface area contributed by atoms with Crippen LogP contribution in [0.1, 0.15) is 121 Å². The molecule has 2 fully saturated rings. The second-order valence-corrected chi connectivity index (χ2v) is 21.5. The molecule has 0 saturated heterocycles. The molecular weight excluding hydrogens is 920 g/mol. The van der Waals surface area contributed by atoms with E-state index in [1.54, 1.807) is 0 Å². The van der Waals surface area contributed by atoms with Gasteiger partial charge >= 0.3 is 11.9 Å². The molecule has 0 bridgehead atoms. The summed E-state index contributed by atoms with van der Waals surface area (Å²) in [6.07, 6.45) is 17.6. The predicted molar refractivity (Wildman–Crippen MR) is 271 cm³/mol. The van der Waals surface area contributed by atoms with Gasteiger partial charge in [-0.3, -0.25) is 0 Å². The molecule has 0 amide bonds. The SMILES string of the molecule is CC(C)[C@H]1CC[C@H](C)C[C@@H]1OC(=O)/C(=C\c1ccc(Br)cc1)[C@]1(/C=C/c2ccccc2)CCC(/C(=C/c2ccc(Br)cc2)C(=O)O[C@@H]2C[C@H](C)CC[C@H]2C(C)C)=C[C@H]1c1ccccc1. The molecule has 0 aromatic heterocycles. The molecule has 336 valence electrons. The highest BCUT2D eigenvalue weighted by molar-refractivity contribution is 9.10. The van der Waals surface area contributed by atoms with Gasteiger partial charge in [-0.25, -0.2) is 9.59 Å². The average molecular weight is 987 g/mol. The fraction of sp³-hybridized carbons (Fsp3) is 0.414. The minimum absolute atomic E-state index is 0.154. The molecule has 3 aliphatic rings. The molecule has 0 heterocycles. The first-order valence-corrected chi connectivity index (χ1v) is 25.3. The van der Waals surface area contributed by atoms with E-state index in [1.807, 2.05) is 66.7 Å². The second kappa shape index (κ2) is 21.8. The van der Waals surface area contributed by atoms with Crippen LogP contribution < -0.4 is 0 Å². The van der Waals surface area contributed by atoms with Gasteiger partial charge in [0.2, 0.25) is 0 Å². The Hall–Kier alpha value is -4.26. The molecule has 7 rings (SSSR count). The van der Waals surface area contributed by atoms with Crippen molar-refractivity contribution in [3.8, 4) is 0 Å². The summed E-state index contributed by atoms with van der Waals surface area (Å²) < 4.78 is 15.5. The van der Waals surface area contributed by atoms with Crippen molar-refractivity contribution in [3.63, 3.8) is 0 Å². The topological polar surface area (TPSA) is 52.6 Å². The summed E-state index contributed by atoms with van der Waals surface area (Å²) in [5.41, 5.74) is 5.18. The van der Waals surface area contributed by atoms with Gasteiger partial charge in [0.05, 0.1) is 5.57 Å². The summed E-state index contributed by atoms with van der Waals surface area (Å²) >= 11 is 7.24. The van der Waals surface area contributed by atoms with E-state index in [-0.39, 0.29) is 36.0 Å². The van der Waals surface area contributed by atoms with Crippen LogP contribution in [0.2, 0.25) is 0 Å². The molecule has 6 heteroatoms. The molecule has 4 nitrogen and oxygen atoms in total. The van der Waals surface area contributed by atoms with Gasteiger partial charge in [-0.15, -0.1) is 0 Å². The largest absolute Gasteiger partial charge is 0.459 e.